The lowest BCUT2D eigenvalue weighted by Gasteiger charge is -2.19. The smallest absolute Gasteiger partial charge is 0.197 e. The fourth-order valence-electron chi connectivity index (χ4n) is 9.52. The minimum atomic E-state index is -0.274. The summed E-state index contributed by atoms with van der Waals surface area (Å²) in [5.74, 6) is -0.880. The van der Waals surface area contributed by atoms with Gasteiger partial charge in [0, 0.05) is 47.0 Å². The van der Waals surface area contributed by atoms with E-state index in [0.717, 1.165) is 57.5 Å². The number of hydrogen-bond acceptors (Lipinski definition) is 8. The number of carbonyl (C=O) groups is 4. The third-order valence-corrected chi connectivity index (χ3v) is 17.6. The molecule has 0 amide bonds. The molecule has 13 rings (SSSR count). The molecule has 4 aromatic heterocycles. The van der Waals surface area contributed by atoms with E-state index in [9.17, 15) is 19.2 Å². The normalized spacial score (nSPS) is 15.5. The van der Waals surface area contributed by atoms with E-state index in [4.69, 9.17) is 0 Å². The van der Waals surface area contributed by atoms with Crippen LogP contribution in [0.15, 0.2) is 120 Å². The number of fused-ring (bicyclic) bond motifs is 13. The molecule has 0 N–H and O–H groups in total. The van der Waals surface area contributed by atoms with Gasteiger partial charge < -0.3 is 0 Å². The van der Waals surface area contributed by atoms with E-state index in [1.807, 2.05) is 48.5 Å². The number of rotatable bonds is 2. The van der Waals surface area contributed by atoms with Gasteiger partial charge in [-0.1, -0.05) is 62.4 Å². The molecule has 0 saturated heterocycles. The molecule has 0 bridgehead atoms. The van der Waals surface area contributed by atoms with Crippen molar-refractivity contribution >= 4 is 143 Å². The minimum Gasteiger partial charge on any atom is -0.288 e. The average Bonchev–Trinajstić information content (AvgIpc) is 4.08. The maximum atomic E-state index is 13.8. The van der Waals surface area contributed by atoms with Gasteiger partial charge in [-0.2, -0.15) is 0 Å². The van der Waals surface area contributed by atoms with Crippen LogP contribution in [0, 0.1) is 0 Å². The van der Waals surface area contributed by atoms with Crippen LogP contribution in [-0.4, -0.2) is 23.1 Å². The highest BCUT2D eigenvalue weighted by atomic mass is 32.1. The van der Waals surface area contributed by atoms with Crippen molar-refractivity contribution in [3.63, 3.8) is 0 Å². The van der Waals surface area contributed by atoms with Crippen molar-refractivity contribution in [3.05, 3.63) is 163 Å². The second kappa shape index (κ2) is 11.5. The Balaban J connectivity index is 0.847. The van der Waals surface area contributed by atoms with Crippen molar-refractivity contribution in [3.8, 4) is 9.75 Å². The molecule has 6 aromatic carbocycles. The van der Waals surface area contributed by atoms with Gasteiger partial charge in [0.2, 0.25) is 0 Å². The Labute approximate surface area is 352 Å². The molecule has 0 unspecified atom stereocenters. The minimum absolute atomic E-state index is 0.217. The van der Waals surface area contributed by atoms with Gasteiger partial charge in [0.05, 0.1) is 30.1 Å². The second-order valence-electron chi connectivity index (χ2n) is 16.2. The molecular weight excluding hydrogens is 805 g/mol. The number of allylic oxidation sites excluding steroid dienone is 2. The topological polar surface area (TPSA) is 68.3 Å². The zero-order chi connectivity index (χ0) is 39.6. The summed E-state index contributed by atoms with van der Waals surface area (Å²) in [6, 6.07) is 36.3. The molecular formula is C51H26O4S4. The van der Waals surface area contributed by atoms with Crippen molar-refractivity contribution in [2.45, 2.75) is 19.3 Å². The molecule has 0 saturated carbocycles. The highest BCUT2D eigenvalue weighted by Crippen LogP contribution is 2.61. The monoisotopic (exact) mass is 830 g/mol. The van der Waals surface area contributed by atoms with Gasteiger partial charge in [0.1, 0.15) is 0 Å². The fraction of sp³-hybridized carbons (Fsp3) is 0.0588. The molecule has 59 heavy (non-hydrogen) atoms. The lowest BCUT2D eigenvalue weighted by Crippen LogP contribution is -2.13. The lowest BCUT2D eigenvalue weighted by molar-refractivity contribution is 0.0975. The number of ketones is 4. The van der Waals surface area contributed by atoms with Crippen LogP contribution < -0.4 is 0 Å². The van der Waals surface area contributed by atoms with Crippen LogP contribution in [0.3, 0.4) is 0 Å². The summed E-state index contributed by atoms with van der Waals surface area (Å²) in [4.78, 5) is 59.3. The van der Waals surface area contributed by atoms with Crippen LogP contribution in [0.5, 0.6) is 0 Å². The number of Topliss-reactive ketones (excluding diaryl/α,β-unsaturated/α-hetero) is 4. The number of thiophene rings is 4. The Morgan fingerprint density at radius 3 is 1.32 bits per heavy atom. The van der Waals surface area contributed by atoms with Gasteiger partial charge >= 0.3 is 0 Å². The largest absolute Gasteiger partial charge is 0.288 e. The second-order valence-corrected chi connectivity index (χ2v) is 20.5. The van der Waals surface area contributed by atoms with Gasteiger partial charge in [-0.05, 0) is 127 Å². The summed E-state index contributed by atoms with van der Waals surface area (Å²) in [5, 5.41) is 8.18. The van der Waals surface area contributed by atoms with Gasteiger partial charge in [-0.25, -0.2) is 0 Å². The van der Waals surface area contributed by atoms with Crippen molar-refractivity contribution in [2.75, 3.05) is 0 Å². The van der Waals surface area contributed by atoms with Crippen LogP contribution in [0.25, 0.3) is 83.8 Å². The van der Waals surface area contributed by atoms with E-state index < -0.39 is 0 Å². The van der Waals surface area contributed by atoms with Crippen LogP contribution in [-0.2, 0) is 5.41 Å². The zero-order valence-electron chi connectivity index (χ0n) is 31.3. The van der Waals surface area contributed by atoms with Gasteiger partial charge in [-0.15, -0.1) is 45.3 Å². The molecule has 4 nitrogen and oxygen atoms in total. The Morgan fingerprint density at radius 2 is 0.864 bits per heavy atom. The van der Waals surface area contributed by atoms with Crippen molar-refractivity contribution in [2.24, 2.45) is 0 Å². The molecule has 0 atom stereocenters. The molecule has 3 aliphatic rings. The third kappa shape index (κ3) is 4.57. The van der Waals surface area contributed by atoms with Crippen LogP contribution in [0.4, 0.5) is 0 Å². The molecule has 278 valence electrons. The first-order valence-electron chi connectivity index (χ1n) is 19.3. The predicted molar refractivity (Wildman–Crippen MR) is 247 cm³/mol. The molecule has 3 aliphatic carbocycles. The van der Waals surface area contributed by atoms with E-state index in [1.165, 1.54) is 35.0 Å². The Morgan fingerprint density at radius 1 is 0.424 bits per heavy atom. The molecule has 0 radical (unpaired) electrons. The standard InChI is InChI=1S/C51H26O4S4/c1-51(2)39-21-31(19-37-42(52)33-15-27-11-23-7-3-4-8-24(23)12-28(27)16-34(33)43(37)53)56-46(39)48-41(51)49-50(59-48)47-40(58-49)22-32(57-47)20-38-44(54)35-17-29-13-25-9-5-6-10-26(25)14-30(29)18-36(35)45(38)55/h3-22H,1-2H3. The predicted octanol–water partition coefficient (Wildman–Crippen LogP) is 14.1. The molecule has 0 spiro atoms. The fourth-order valence-corrected chi connectivity index (χ4v) is 15.5. The van der Waals surface area contributed by atoms with Gasteiger partial charge in [-0.3, -0.25) is 19.2 Å². The first-order valence-corrected chi connectivity index (χ1v) is 22.5. The van der Waals surface area contributed by atoms with Crippen molar-refractivity contribution in [1.82, 2.24) is 0 Å². The van der Waals surface area contributed by atoms with E-state index in [-0.39, 0.29) is 39.7 Å². The summed E-state index contributed by atoms with van der Waals surface area (Å²) in [6.07, 6.45) is 3.58. The highest BCUT2D eigenvalue weighted by molar-refractivity contribution is 7.40. The number of benzene rings is 6. The summed E-state index contributed by atoms with van der Waals surface area (Å²) in [7, 11) is 0. The van der Waals surface area contributed by atoms with Crippen molar-refractivity contribution in [1.29, 1.82) is 0 Å². The maximum Gasteiger partial charge on any atom is 0.197 e. The molecule has 0 aliphatic heterocycles. The average molecular weight is 831 g/mol. The summed E-state index contributed by atoms with van der Waals surface area (Å²) >= 11 is 6.83. The Hall–Kier alpha value is -6.16. The molecule has 10 aromatic rings. The van der Waals surface area contributed by atoms with Crippen LogP contribution in [0.2, 0.25) is 0 Å². The zero-order valence-corrected chi connectivity index (χ0v) is 34.6. The quantitative estimate of drug-likeness (QED) is 0.0988. The molecule has 0 fully saturated rings. The lowest BCUT2D eigenvalue weighted by atomic mass is 9.84. The summed E-state index contributed by atoms with van der Waals surface area (Å²) < 4.78 is 4.81. The number of hydrogen-bond donors (Lipinski definition) is 0. The van der Waals surface area contributed by atoms with E-state index >= 15 is 0 Å². The third-order valence-electron chi connectivity index (χ3n) is 12.5. The highest BCUT2D eigenvalue weighted by Gasteiger charge is 2.42. The molecule has 8 heteroatoms. The van der Waals surface area contributed by atoms with E-state index in [0.29, 0.717) is 22.3 Å². The summed E-state index contributed by atoms with van der Waals surface area (Å²) in [6.45, 7) is 4.52. The molecule has 4 heterocycles. The first kappa shape index (κ1) is 33.8. The first-order chi connectivity index (χ1) is 28.6. The van der Waals surface area contributed by atoms with E-state index in [1.54, 1.807) is 57.5 Å². The van der Waals surface area contributed by atoms with Crippen LogP contribution in [0.1, 0.15) is 76.2 Å². The van der Waals surface area contributed by atoms with E-state index in [2.05, 4.69) is 74.5 Å². The van der Waals surface area contributed by atoms with Crippen LogP contribution >= 0.6 is 45.3 Å². The van der Waals surface area contributed by atoms with Gasteiger partial charge in [0.25, 0.3) is 0 Å². The number of carbonyl (C=O) groups excluding carboxylic acids is 4. The SMILES string of the molecule is CC1(C)c2cc(C=C3C(=O)c4cc5cc6ccccc6cc5cc4C3=O)sc2-c2sc3c(sc4cc(C=C5C(=O)c6cc7cc8ccccc8cc7cc6C5=O)sc43)c21. The van der Waals surface area contributed by atoms with Gasteiger partial charge in [0.15, 0.2) is 23.1 Å². The maximum absolute atomic E-state index is 13.8. The Bertz CT molecular complexity index is 3630. The van der Waals surface area contributed by atoms with Crippen molar-refractivity contribution < 1.29 is 19.2 Å². The Kier molecular flexibility index (Phi) is 6.60. The summed E-state index contributed by atoms with van der Waals surface area (Å²) in [5.41, 5.74) is 4.58.